The van der Waals surface area contributed by atoms with Gasteiger partial charge in [0.25, 0.3) is 0 Å². The number of anilines is 1. The summed E-state index contributed by atoms with van der Waals surface area (Å²) in [5, 5.41) is 0. The van der Waals surface area contributed by atoms with Gasteiger partial charge in [0.1, 0.15) is 5.82 Å². The molecule has 1 fully saturated rings. The smallest absolute Gasteiger partial charge is 0.270 e. The predicted molar refractivity (Wildman–Crippen MR) is 81.7 cm³/mol. The zero-order valence-corrected chi connectivity index (χ0v) is 13.4. The van der Waals surface area contributed by atoms with Crippen molar-refractivity contribution in [2.75, 3.05) is 17.8 Å². The van der Waals surface area contributed by atoms with Crippen LogP contribution in [-0.4, -0.2) is 25.8 Å². The zero-order valence-electron chi connectivity index (χ0n) is 10.4. The highest BCUT2D eigenvalue weighted by Crippen LogP contribution is 2.23. The van der Waals surface area contributed by atoms with Crippen LogP contribution in [-0.2, 0) is 10.2 Å². The van der Waals surface area contributed by atoms with Crippen LogP contribution in [0.2, 0.25) is 0 Å². The van der Waals surface area contributed by atoms with Gasteiger partial charge in [0, 0.05) is 13.1 Å². The maximum Gasteiger partial charge on any atom is 0.301 e. The van der Waals surface area contributed by atoms with Crippen molar-refractivity contribution >= 4 is 38.5 Å². The fraction of sp³-hybridized carbons (Fsp3) is 0.500. The summed E-state index contributed by atoms with van der Waals surface area (Å²) in [6.45, 7) is 1.06. The molecule has 19 heavy (non-hydrogen) atoms. The molecule has 106 valence electrons. The molecule has 0 aromatic heterocycles. The van der Waals surface area contributed by atoms with Crippen molar-refractivity contribution in [2.24, 2.45) is 0 Å². The van der Waals surface area contributed by atoms with E-state index < -0.39 is 16.0 Å². The van der Waals surface area contributed by atoms with Crippen LogP contribution >= 0.6 is 22.6 Å². The van der Waals surface area contributed by atoms with Gasteiger partial charge >= 0.3 is 10.2 Å². The average Bonchev–Trinajstić information content (AvgIpc) is 2.64. The van der Waals surface area contributed by atoms with Crippen LogP contribution < -0.4 is 4.72 Å². The second-order valence-corrected chi connectivity index (χ2v) is 7.27. The van der Waals surface area contributed by atoms with Gasteiger partial charge in [-0.2, -0.15) is 12.7 Å². The van der Waals surface area contributed by atoms with E-state index in [0.717, 1.165) is 25.7 Å². The molecule has 0 aliphatic carbocycles. The fourth-order valence-corrected chi connectivity index (χ4v) is 4.06. The minimum Gasteiger partial charge on any atom is -0.270 e. The molecule has 0 saturated carbocycles. The summed E-state index contributed by atoms with van der Waals surface area (Å²) in [5.41, 5.74) is 0.296. The Labute approximate surface area is 126 Å². The lowest BCUT2D eigenvalue weighted by atomic mass is 10.2. The number of hydrogen-bond donors (Lipinski definition) is 1. The van der Waals surface area contributed by atoms with E-state index in [2.05, 4.69) is 4.72 Å². The monoisotopic (exact) mass is 398 g/mol. The van der Waals surface area contributed by atoms with Crippen LogP contribution in [0.5, 0.6) is 0 Å². The molecule has 0 spiro atoms. The first-order chi connectivity index (χ1) is 9.00. The topological polar surface area (TPSA) is 49.4 Å². The molecule has 0 bridgehead atoms. The number of benzene rings is 1. The molecular weight excluding hydrogens is 382 g/mol. The van der Waals surface area contributed by atoms with Crippen LogP contribution in [0.15, 0.2) is 18.2 Å². The highest BCUT2D eigenvalue weighted by Gasteiger charge is 2.23. The maximum atomic E-state index is 13.4. The van der Waals surface area contributed by atoms with Crippen molar-refractivity contribution in [3.8, 4) is 0 Å². The third-order valence-electron chi connectivity index (χ3n) is 3.10. The van der Waals surface area contributed by atoms with Crippen molar-refractivity contribution in [3.05, 3.63) is 27.6 Å². The maximum absolute atomic E-state index is 13.4. The van der Waals surface area contributed by atoms with Crippen molar-refractivity contribution in [1.29, 1.82) is 0 Å². The Morgan fingerprint density at radius 2 is 1.79 bits per heavy atom. The first kappa shape index (κ1) is 15.0. The number of nitrogens with one attached hydrogen (secondary N) is 1. The second-order valence-electron chi connectivity index (χ2n) is 4.52. The molecule has 1 aromatic carbocycles. The molecule has 0 radical (unpaired) electrons. The summed E-state index contributed by atoms with van der Waals surface area (Å²) >= 11 is 1.80. The molecule has 0 unspecified atom stereocenters. The summed E-state index contributed by atoms with van der Waals surface area (Å²) in [4.78, 5) is 0. The van der Waals surface area contributed by atoms with Gasteiger partial charge in [-0.3, -0.25) is 4.72 Å². The molecule has 1 aromatic rings. The minimum absolute atomic E-state index is 0.290. The van der Waals surface area contributed by atoms with Crippen molar-refractivity contribution in [2.45, 2.75) is 25.7 Å². The Morgan fingerprint density at radius 3 is 2.42 bits per heavy atom. The van der Waals surface area contributed by atoms with E-state index in [1.165, 1.54) is 16.4 Å². The van der Waals surface area contributed by atoms with Gasteiger partial charge in [-0.25, -0.2) is 4.39 Å². The van der Waals surface area contributed by atoms with Gasteiger partial charge in [-0.15, -0.1) is 0 Å². The molecule has 1 aliphatic rings. The van der Waals surface area contributed by atoms with Crippen LogP contribution in [0, 0.1) is 9.39 Å². The van der Waals surface area contributed by atoms with Gasteiger partial charge in [-0.1, -0.05) is 18.9 Å². The van der Waals surface area contributed by atoms with Gasteiger partial charge in [-0.05, 0) is 47.6 Å². The second kappa shape index (κ2) is 6.36. The molecule has 1 aliphatic heterocycles. The van der Waals surface area contributed by atoms with Crippen molar-refractivity contribution < 1.29 is 12.8 Å². The average molecular weight is 398 g/mol. The van der Waals surface area contributed by atoms with E-state index in [-0.39, 0.29) is 0 Å². The molecule has 1 saturated heterocycles. The van der Waals surface area contributed by atoms with Crippen molar-refractivity contribution in [1.82, 2.24) is 4.31 Å². The minimum atomic E-state index is -3.59. The lowest BCUT2D eigenvalue weighted by molar-refractivity contribution is 0.427. The predicted octanol–water partition coefficient (Wildman–Crippen LogP) is 2.96. The summed E-state index contributed by atoms with van der Waals surface area (Å²) in [7, 11) is -3.59. The number of hydrogen-bond acceptors (Lipinski definition) is 2. The molecular formula is C12H16FIN2O2S. The third kappa shape index (κ3) is 3.79. The zero-order chi connectivity index (χ0) is 13.9. The summed E-state index contributed by atoms with van der Waals surface area (Å²) < 4.78 is 42.1. The summed E-state index contributed by atoms with van der Waals surface area (Å²) in [5.74, 6) is -0.420. The van der Waals surface area contributed by atoms with Crippen LogP contribution in [0.4, 0.5) is 10.1 Å². The van der Waals surface area contributed by atoms with Crippen LogP contribution in [0.3, 0.4) is 0 Å². The van der Waals surface area contributed by atoms with Gasteiger partial charge in [0.15, 0.2) is 0 Å². The quantitative estimate of drug-likeness (QED) is 0.797. The van der Waals surface area contributed by atoms with E-state index in [1.807, 2.05) is 0 Å². The summed E-state index contributed by atoms with van der Waals surface area (Å²) in [6, 6.07) is 4.38. The number of rotatable bonds is 3. The molecule has 1 N–H and O–H groups in total. The fourth-order valence-electron chi connectivity index (χ4n) is 2.07. The number of nitrogens with zero attached hydrogens (tertiary/aromatic N) is 1. The molecule has 0 amide bonds. The first-order valence-electron chi connectivity index (χ1n) is 6.22. The number of halogens is 2. The highest BCUT2D eigenvalue weighted by molar-refractivity contribution is 14.1. The highest BCUT2D eigenvalue weighted by atomic mass is 127. The van der Waals surface area contributed by atoms with Crippen LogP contribution in [0.1, 0.15) is 25.7 Å². The largest absolute Gasteiger partial charge is 0.301 e. The Hall–Kier alpha value is -0.410. The first-order valence-corrected chi connectivity index (χ1v) is 8.74. The molecule has 4 nitrogen and oxygen atoms in total. The standard InChI is InChI=1S/C12H16FIN2O2S/c13-10-6-5-7-11(12(10)14)15-19(17,18)16-8-3-1-2-4-9-16/h5-7,15H,1-4,8-9H2. The van der Waals surface area contributed by atoms with Gasteiger partial charge in [0.2, 0.25) is 0 Å². The van der Waals surface area contributed by atoms with E-state index in [0.29, 0.717) is 22.3 Å². The van der Waals surface area contributed by atoms with E-state index in [9.17, 15) is 12.8 Å². The Balaban J connectivity index is 2.18. The van der Waals surface area contributed by atoms with Gasteiger partial charge in [0.05, 0.1) is 9.26 Å². The SMILES string of the molecule is O=S(=O)(Nc1cccc(F)c1I)N1CCCCCC1. The van der Waals surface area contributed by atoms with E-state index in [1.54, 1.807) is 28.7 Å². The van der Waals surface area contributed by atoms with Gasteiger partial charge < -0.3 is 0 Å². The normalized spacial score (nSPS) is 18.0. The van der Waals surface area contributed by atoms with Crippen LogP contribution in [0.25, 0.3) is 0 Å². The Bertz CT molecular complexity index is 543. The van der Waals surface area contributed by atoms with E-state index >= 15 is 0 Å². The molecule has 2 rings (SSSR count). The molecule has 1 heterocycles. The third-order valence-corrected chi connectivity index (χ3v) is 5.71. The Morgan fingerprint density at radius 1 is 1.16 bits per heavy atom. The molecule has 7 heteroatoms. The Kier molecular flexibility index (Phi) is 5.02. The lowest BCUT2D eigenvalue weighted by Gasteiger charge is -2.21. The summed E-state index contributed by atoms with van der Waals surface area (Å²) in [6.07, 6.45) is 3.87. The van der Waals surface area contributed by atoms with Crippen molar-refractivity contribution in [3.63, 3.8) is 0 Å². The molecule has 0 atom stereocenters. The van der Waals surface area contributed by atoms with E-state index in [4.69, 9.17) is 0 Å². The lowest BCUT2D eigenvalue weighted by Crippen LogP contribution is -2.36.